The number of carbonyl (C=O) groups excluding carboxylic acids is 2. The first kappa shape index (κ1) is 21.2. The van der Waals surface area contributed by atoms with Crippen LogP contribution in [0.15, 0.2) is 29.2 Å². The quantitative estimate of drug-likeness (QED) is 0.505. The third-order valence-electron chi connectivity index (χ3n) is 6.69. The topological polar surface area (TPSA) is 71.8 Å². The highest BCUT2D eigenvalue weighted by Gasteiger charge is 2.48. The molecule has 7 nitrogen and oxygen atoms in total. The smallest absolute Gasteiger partial charge is 0.275 e. The Hall–Kier alpha value is -2.64. The zero-order valence-electron chi connectivity index (χ0n) is 17.2. The maximum atomic E-state index is 13.9. The molecule has 3 atom stereocenters. The zero-order chi connectivity index (χ0) is 22.6. The van der Waals surface area contributed by atoms with Crippen molar-refractivity contribution in [2.75, 3.05) is 13.1 Å². The first-order chi connectivity index (χ1) is 15.4. The van der Waals surface area contributed by atoms with E-state index in [9.17, 15) is 23.2 Å². The second-order valence-corrected chi connectivity index (χ2v) is 8.69. The van der Waals surface area contributed by atoms with E-state index < -0.39 is 22.8 Å². The van der Waals surface area contributed by atoms with Crippen molar-refractivity contribution in [3.63, 3.8) is 0 Å². The monoisotopic (exact) mass is 461 g/mol. The van der Waals surface area contributed by atoms with Gasteiger partial charge in [0.1, 0.15) is 17.8 Å². The highest BCUT2D eigenvalue weighted by Crippen LogP contribution is 2.35. The lowest BCUT2D eigenvalue weighted by atomic mass is 10.0. The Balaban J connectivity index is 1.46. The first-order valence-corrected chi connectivity index (χ1v) is 11.0. The minimum Gasteiger partial charge on any atom is -0.474 e. The SMILES string of the molecule is O=C(CCc1ccc(F)cc1F)c1cn2c(c(OP)c1=O)C(=O)N1C[C@H]3CCCN3[C@@H]1C2. The van der Waals surface area contributed by atoms with Gasteiger partial charge in [-0.15, -0.1) is 0 Å². The number of hydrogen-bond donors (Lipinski definition) is 0. The molecule has 32 heavy (non-hydrogen) atoms. The van der Waals surface area contributed by atoms with E-state index in [0.29, 0.717) is 19.1 Å². The number of hydrogen-bond acceptors (Lipinski definition) is 5. The number of nitrogens with zero attached hydrogens (tertiary/aromatic N) is 3. The van der Waals surface area contributed by atoms with E-state index in [4.69, 9.17) is 4.52 Å². The third kappa shape index (κ3) is 3.35. The Morgan fingerprint density at radius 2 is 2.03 bits per heavy atom. The van der Waals surface area contributed by atoms with Gasteiger partial charge in [0.15, 0.2) is 17.2 Å². The minimum atomic E-state index is -0.735. The van der Waals surface area contributed by atoms with Crippen molar-refractivity contribution in [1.82, 2.24) is 14.4 Å². The highest BCUT2D eigenvalue weighted by atomic mass is 31.0. The second-order valence-electron chi connectivity index (χ2n) is 8.45. The fraction of sp³-hybridized carbons (Fsp3) is 0.409. The van der Waals surface area contributed by atoms with E-state index in [0.717, 1.165) is 31.5 Å². The van der Waals surface area contributed by atoms with E-state index in [-0.39, 0.29) is 47.5 Å². The molecular weight excluding hydrogens is 439 g/mol. The van der Waals surface area contributed by atoms with Crippen molar-refractivity contribution >= 4 is 21.2 Å². The van der Waals surface area contributed by atoms with Crippen LogP contribution in [0.4, 0.5) is 8.78 Å². The molecule has 0 N–H and O–H groups in total. The molecular formula is C22H22F2N3O4P. The molecule has 168 valence electrons. The van der Waals surface area contributed by atoms with Crippen molar-refractivity contribution in [3.8, 4) is 5.75 Å². The molecule has 1 unspecified atom stereocenters. The lowest BCUT2D eigenvalue weighted by molar-refractivity contribution is 0.0516. The number of pyridine rings is 1. The van der Waals surface area contributed by atoms with Gasteiger partial charge in [-0.05, 0) is 30.9 Å². The summed E-state index contributed by atoms with van der Waals surface area (Å²) >= 11 is 0. The fourth-order valence-electron chi connectivity index (χ4n) is 5.13. The highest BCUT2D eigenvalue weighted by molar-refractivity contribution is 7.10. The Kier molecular flexibility index (Phi) is 5.34. The van der Waals surface area contributed by atoms with Crippen molar-refractivity contribution in [3.05, 3.63) is 63.1 Å². The minimum absolute atomic E-state index is 0.0218. The summed E-state index contributed by atoms with van der Waals surface area (Å²) in [4.78, 5) is 43.2. The maximum absolute atomic E-state index is 13.9. The molecule has 0 spiro atoms. The van der Waals surface area contributed by atoms with Crippen LogP contribution in [0.25, 0.3) is 0 Å². The van der Waals surface area contributed by atoms with Gasteiger partial charge >= 0.3 is 0 Å². The van der Waals surface area contributed by atoms with Gasteiger partial charge in [0.25, 0.3) is 5.91 Å². The van der Waals surface area contributed by atoms with Gasteiger partial charge in [0.05, 0.1) is 21.6 Å². The molecule has 1 amide bonds. The number of benzene rings is 1. The van der Waals surface area contributed by atoms with Gasteiger partial charge in [0.2, 0.25) is 5.43 Å². The van der Waals surface area contributed by atoms with Crippen molar-refractivity contribution in [2.45, 2.75) is 44.4 Å². The molecule has 1 aromatic carbocycles. The van der Waals surface area contributed by atoms with Crippen LogP contribution in [-0.2, 0) is 13.0 Å². The molecule has 0 saturated carbocycles. The summed E-state index contributed by atoms with van der Waals surface area (Å²) in [5.41, 5.74) is -0.436. The van der Waals surface area contributed by atoms with Crippen LogP contribution in [0.2, 0.25) is 0 Å². The van der Waals surface area contributed by atoms with E-state index >= 15 is 0 Å². The molecule has 5 rings (SSSR count). The number of Topliss-reactive ketones (excluding diaryl/α,β-unsaturated/α-hetero) is 1. The summed E-state index contributed by atoms with van der Waals surface area (Å²) in [6.07, 6.45) is 3.32. The predicted octanol–water partition coefficient (Wildman–Crippen LogP) is 2.37. The predicted molar refractivity (Wildman–Crippen MR) is 115 cm³/mol. The number of aryl methyl sites for hydroxylation is 1. The normalized spacial score (nSPS) is 22.0. The van der Waals surface area contributed by atoms with Gasteiger partial charge in [-0.1, -0.05) is 6.07 Å². The van der Waals surface area contributed by atoms with Crippen molar-refractivity contribution in [1.29, 1.82) is 0 Å². The average molecular weight is 461 g/mol. The van der Waals surface area contributed by atoms with Crippen LogP contribution < -0.4 is 9.95 Å². The molecule has 0 aliphatic carbocycles. The second kappa shape index (κ2) is 8.05. The molecule has 4 heterocycles. The van der Waals surface area contributed by atoms with Crippen LogP contribution in [0.1, 0.15) is 45.7 Å². The standard InChI is InChI=1S/C22H22F2N3O4P/c23-13-5-3-12(16(24)8-13)4-6-17(28)15-10-25-11-18-26-7-1-2-14(26)9-27(18)22(30)19(25)21(31-32)20(15)29/h3,5,8,10,14,18H,1-2,4,6-7,9,11,32H2/t14-,18+/m1/s1. The van der Waals surface area contributed by atoms with E-state index in [2.05, 4.69) is 4.90 Å². The number of rotatable bonds is 5. The molecule has 3 aliphatic rings. The van der Waals surface area contributed by atoms with Crippen LogP contribution in [-0.4, -0.2) is 51.4 Å². The van der Waals surface area contributed by atoms with Crippen molar-refractivity contribution < 1.29 is 22.9 Å². The fourth-order valence-corrected chi connectivity index (χ4v) is 5.35. The summed E-state index contributed by atoms with van der Waals surface area (Å²) in [6, 6.07) is 3.49. The summed E-state index contributed by atoms with van der Waals surface area (Å²) in [6.45, 7) is 1.97. The van der Waals surface area contributed by atoms with Gasteiger partial charge < -0.3 is 14.0 Å². The number of amides is 1. The van der Waals surface area contributed by atoms with Gasteiger partial charge in [-0.2, -0.15) is 0 Å². The van der Waals surface area contributed by atoms with Gasteiger partial charge in [0, 0.05) is 37.8 Å². The number of carbonyl (C=O) groups is 2. The van der Waals surface area contributed by atoms with E-state index in [1.807, 2.05) is 9.47 Å². The largest absolute Gasteiger partial charge is 0.474 e. The van der Waals surface area contributed by atoms with Crippen LogP contribution in [0, 0.1) is 11.6 Å². The lowest BCUT2D eigenvalue weighted by Crippen LogP contribution is -2.50. The Morgan fingerprint density at radius 3 is 2.78 bits per heavy atom. The Bertz CT molecular complexity index is 1180. The summed E-state index contributed by atoms with van der Waals surface area (Å²) < 4.78 is 33.9. The van der Waals surface area contributed by atoms with E-state index in [1.165, 1.54) is 12.3 Å². The number of halogens is 2. The number of aromatic nitrogens is 1. The molecule has 0 radical (unpaired) electrons. The summed E-state index contributed by atoms with van der Waals surface area (Å²) in [7, 11) is 1.98. The Morgan fingerprint density at radius 1 is 1.22 bits per heavy atom. The molecule has 3 aliphatic heterocycles. The first-order valence-electron chi connectivity index (χ1n) is 10.6. The molecule has 10 heteroatoms. The van der Waals surface area contributed by atoms with Crippen LogP contribution >= 0.6 is 9.47 Å². The number of fused-ring (bicyclic) bond motifs is 4. The lowest BCUT2D eigenvalue weighted by Gasteiger charge is -2.36. The summed E-state index contributed by atoms with van der Waals surface area (Å²) in [5, 5.41) is 0. The maximum Gasteiger partial charge on any atom is 0.275 e. The molecule has 0 bridgehead atoms. The summed E-state index contributed by atoms with van der Waals surface area (Å²) in [5.74, 6) is -2.38. The molecule has 2 aromatic rings. The van der Waals surface area contributed by atoms with Crippen LogP contribution in [0.5, 0.6) is 5.75 Å². The average Bonchev–Trinajstić information content (AvgIpc) is 3.35. The molecule has 1 aromatic heterocycles. The van der Waals surface area contributed by atoms with E-state index in [1.54, 1.807) is 9.47 Å². The van der Waals surface area contributed by atoms with Crippen molar-refractivity contribution in [2.24, 2.45) is 0 Å². The molecule has 2 fully saturated rings. The van der Waals surface area contributed by atoms with Gasteiger partial charge in [-0.25, -0.2) is 8.78 Å². The Labute approximate surface area is 185 Å². The molecule has 2 saturated heterocycles. The third-order valence-corrected chi connectivity index (χ3v) is 6.92. The van der Waals surface area contributed by atoms with Crippen LogP contribution in [0.3, 0.4) is 0 Å². The number of ketones is 1. The van der Waals surface area contributed by atoms with Gasteiger partial charge in [-0.3, -0.25) is 19.3 Å². The zero-order valence-corrected chi connectivity index (χ0v) is 18.4.